The van der Waals surface area contributed by atoms with Gasteiger partial charge in [-0.25, -0.2) is 9.50 Å². The summed E-state index contributed by atoms with van der Waals surface area (Å²) in [5.41, 5.74) is 1.81. The SMILES string of the molecule is COc1ccc2cc(-c3cnc4ccc(NC5CCC(O)CC5)nn34)sc2c1. The maximum absolute atomic E-state index is 9.70. The van der Waals surface area contributed by atoms with Crippen molar-refractivity contribution in [3.05, 3.63) is 42.6 Å². The molecule has 4 aromatic rings. The molecule has 0 unspecified atom stereocenters. The van der Waals surface area contributed by atoms with Crippen LogP contribution in [0.15, 0.2) is 42.6 Å². The molecule has 7 heteroatoms. The highest BCUT2D eigenvalue weighted by Gasteiger charge is 2.20. The van der Waals surface area contributed by atoms with Gasteiger partial charge in [-0.3, -0.25) is 0 Å². The molecule has 3 aromatic heterocycles. The average molecular weight is 395 g/mol. The molecular weight excluding hydrogens is 372 g/mol. The van der Waals surface area contributed by atoms with Gasteiger partial charge in [0.2, 0.25) is 0 Å². The molecule has 0 radical (unpaired) electrons. The van der Waals surface area contributed by atoms with Gasteiger partial charge in [0.05, 0.1) is 24.3 Å². The van der Waals surface area contributed by atoms with Crippen molar-refractivity contribution in [1.82, 2.24) is 14.6 Å². The van der Waals surface area contributed by atoms with Gasteiger partial charge in [0, 0.05) is 10.7 Å². The van der Waals surface area contributed by atoms with E-state index in [1.54, 1.807) is 18.4 Å². The van der Waals surface area contributed by atoms with Crippen LogP contribution in [0.5, 0.6) is 5.75 Å². The topological polar surface area (TPSA) is 71.7 Å². The van der Waals surface area contributed by atoms with Crippen LogP contribution in [0.1, 0.15) is 25.7 Å². The summed E-state index contributed by atoms with van der Waals surface area (Å²) < 4.78 is 8.42. The Morgan fingerprint density at radius 1 is 1.14 bits per heavy atom. The van der Waals surface area contributed by atoms with Crippen molar-refractivity contribution < 1.29 is 9.84 Å². The first-order chi connectivity index (χ1) is 13.7. The van der Waals surface area contributed by atoms with E-state index in [0.717, 1.165) is 53.5 Å². The van der Waals surface area contributed by atoms with Gasteiger partial charge in [-0.15, -0.1) is 16.4 Å². The summed E-state index contributed by atoms with van der Waals surface area (Å²) in [6, 6.07) is 12.6. The van der Waals surface area contributed by atoms with Crippen molar-refractivity contribution >= 4 is 32.9 Å². The number of aliphatic hydroxyl groups excluding tert-OH is 1. The van der Waals surface area contributed by atoms with Crippen molar-refractivity contribution in [1.29, 1.82) is 0 Å². The third-order valence-electron chi connectivity index (χ3n) is 5.39. The first-order valence-corrected chi connectivity index (χ1v) is 10.4. The molecule has 0 amide bonds. The van der Waals surface area contributed by atoms with Gasteiger partial charge in [-0.2, -0.15) is 0 Å². The van der Waals surface area contributed by atoms with E-state index in [1.165, 1.54) is 10.1 Å². The summed E-state index contributed by atoms with van der Waals surface area (Å²) in [6.07, 6.45) is 5.36. The predicted molar refractivity (Wildman–Crippen MR) is 112 cm³/mol. The molecule has 5 rings (SSSR count). The molecule has 1 aliphatic rings. The zero-order chi connectivity index (χ0) is 19.1. The molecule has 0 aliphatic heterocycles. The highest BCUT2D eigenvalue weighted by molar-refractivity contribution is 7.22. The Morgan fingerprint density at radius 3 is 2.82 bits per heavy atom. The van der Waals surface area contributed by atoms with Gasteiger partial charge < -0.3 is 15.2 Å². The number of aliphatic hydroxyl groups is 1. The van der Waals surface area contributed by atoms with Crippen LogP contribution in [0, 0.1) is 0 Å². The van der Waals surface area contributed by atoms with Crippen molar-refractivity contribution in [3.63, 3.8) is 0 Å². The Labute approximate surface area is 166 Å². The highest BCUT2D eigenvalue weighted by Crippen LogP contribution is 2.35. The zero-order valence-corrected chi connectivity index (χ0v) is 16.4. The molecule has 0 bridgehead atoms. The van der Waals surface area contributed by atoms with Gasteiger partial charge in [0.1, 0.15) is 17.3 Å². The maximum atomic E-state index is 9.70. The monoisotopic (exact) mass is 394 g/mol. The van der Waals surface area contributed by atoms with Crippen LogP contribution in [0.2, 0.25) is 0 Å². The zero-order valence-electron chi connectivity index (χ0n) is 15.6. The van der Waals surface area contributed by atoms with Gasteiger partial charge in [-0.05, 0) is 67.5 Å². The molecular formula is C21H22N4O2S. The van der Waals surface area contributed by atoms with Crippen LogP contribution in [-0.2, 0) is 0 Å². The van der Waals surface area contributed by atoms with Gasteiger partial charge >= 0.3 is 0 Å². The van der Waals surface area contributed by atoms with Crippen LogP contribution in [-0.4, -0.2) is 39.0 Å². The molecule has 2 N–H and O–H groups in total. The minimum absolute atomic E-state index is 0.152. The Hall–Kier alpha value is -2.64. The Kier molecular flexibility index (Phi) is 4.41. The first kappa shape index (κ1) is 17.5. The number of aromatic nitrogens is 3. The standard InChI is InChI=1S/C21H22N4O2S/c1-27-16-7-2-13-10-19(28-18(13)11-16)17-12-22-21-9-8-20(24-25(17)21)23-14-3-5-15(26)6-4-14/h2,7-12,14-15,26H,3-6H2,1H3,(H,23,24). The fraction of sp³-hybridized carbons (Fsp3) is 0.333. The second-order valence-corrected chi connectivity index (χ2v) is 8.38. The van der Waals surface area contributed by atoms with E-state index in [0.29, 0.717) is 6.04 Å². The number of nitrogens with zero attached hydrogens (tertiary/aromatic N) is 3. The molecule has 1 aromatic carbocycles. The van der Waals surface area contributed by atoms with E-state index in [4.69, 9.17) is 9.84 Å². The summed E-state index contributed by atoms with van der Waals surface area (Å²) >= 11 is 1.71. The van der Waals surface area contributed by atoms with E-state index in [-0.39, 0.29) is 6.10 Å². The first-order valence-electron chi connectivity index (χ1n) is 9.57. The summed E-state index contributed by atoms with van der Waals surface area (Å²) in [5, 5.41) is 19.2. The lowest BCUT2D eigenvalue weighted by molar-refractivity contribution is 0.126. The number of imidazole rings is 1. The molecule has 1 fully saturated rings. The predicted octanol–water partition coefficient (Wildman–Crippen LogP) is 4.34. The number of methoxy groups -OCH3 is 1. The number of hydrogen-bond donors (Lipinski definition) is 2. The number of thiophene rings is 1. The number of rotatable bonds is 4. The number of hydrogen-bond acceptors (Lipinski definition) is 6. The fourth-order valence-electron chi connectivity index (χ4n) is 3.81. The highest BCUT2D eigenvalue weighted by atomic mass is 32.1. The molecule has 28 heavy (non-hydrogen) atoms. The van der Waals surface area contributed by atoms with Crippen LogP contribution in [0.4, 0.5) is 5.82 Å². The third kappa shape index (κ3) is 3.21. The fourth-order valence-corrected chi connectivity index (χ4v) is 4.90. The van der Waals surface area contributed by atoms with E-state index < -0.39 is 0 Å². The van der Waals surface area contributed by atoms with Crippen LogP contribution in [0.25, 0.3) is 26.3 Å². The minimum Gasteiger partial charge on any atom is -0.497 e. The van der Waals surface area contributed by atoms with Gasteiger partial charge in [-0.1, -0.05) is 0 Å². The van der Waals surface area contributed by atoms with E-state index in [1.807, 2.05) is 28.9 Å². The molecule has 0 spiro atoms. The third-order valence-corrected chi connectivity index (χ3v) is 6.51. The quantitative estimate of drug-likeness (QED) is 0.539. The molecule has 1 aliphatic carbocycles. The summed E-state index contributed by atoms with van der Waals surface area (Å²) in [5.74, 6) is 1.71. The second kappa shape index (κ2) is 7.07. The summed E-state index contributed by atoms with van der Waals surface area (Å²) in [7, 11) is 1.69. The number of benzene rings is 1. The van der Waals surface area contributed by atoms with Crippen molar-refractivity contribution in [2.24, 2.45) is 0 Å². The maximum Gasteiger partial charge on any atom is 0.154 e. The lowest BCUT2D eigenvalue weighted by atomic mass is 9.93. The number of anilines is 1. The molecule has 6 nitrogen and oxygen atoms in total. The van der Waals surface area contributed by atoms with Crippen molar-refractivity contribution in [2.75, 3.05) is 12.4 Å². The largest absolute Gasteiger partial charge is 0.497 e. The smallest absolute Gasteiger partial charge is 0.154 e. The van der Waals surface area contributed by atoms with Crippen LogP contribution < -0.4 is 10.1 Å². The Bertz CT molecular complexity index is 1130. The molecule has 0 atom stereocenters. The number of ether oxygens (including phenoxy) is 1. The van der Waals surface area contributed by atoms with Crippen molar-refractivity contribution in [3.8, 4) is 16.3 Å². The van der Waals surface area contributed by atoms with E-state index in [2.05, 4.69) is 28.5 Å². The number of nitrogens with one attached hydrogen (secondary N) is 1. The summed E-state index contributed by atoms with van der Waals surface area (Å²) in [6.45, 7) is 0. The second-order valence-electron chi connectivity index (χ2n) is 7.30. The molecule has 0 saturated heterocycles. The normalized spacial score (nSPS) is 19.9. The van der Waals surface area contributed by atoms with Gasteiger partial charge in [0.25, 0.3) is 0 Å². The van der Waals surface area contributed by atoms with E-state index in [9.17, 15) is 5.11 Å². The molecule has 144 valence electrons. The summed E-state index contributed by atoms with van der Waals surface area (Å²) in [4.78, 5) is 5.64. The van der Waals surface area contributed by atoms with Crippen LogP contribution in [0.3, 0.4) is 0 Å². The van der Waals surface area contributed by atoms with Crippen molar-refractivity contribution in [2.45, 2.75) is 37.8 Å². The molecule has 1 saturated carbocycles. The number of fused-ring (bicyclic) bond motifs is 2. The van der Waals surface area contributed by atoms with Crippen LogP contribution >= 0.6 is 11.3 Å². The average Bonchev–Trinajstić information content (AvgIpc) is 3.32. The molecule has 3 heterocycles. The lowest BCUT2D eigenvalue weighted by Crippen LogP contribution is -2.28. The lowest BCUT2D eigenvalue weighted by Gasteiger charge is -2.26. The Balaban J connectivity index is 1.48. The minimum atomic E-state index is -0.152. The van der Waals surface area contributed by atoms with E-state index >= 15 is 0 Å². The van der Waals surface area contributed by atoms with Gasteiger partial charge in [0.15, 0.2) is 5.65 Å². The Morgan fingerprint density at radius 2 is 2.00 bits per heavy atom.